The number of rotatable bonds is 7. The van der Waals surface area contributed by atoms with Gasteiger partial charge >= 0.3 is 5.97 Å². The van der Waals surface area contributed by atoms with Gasteiger partial charge in [-0.2, -0.15) is 0 Å². The zero-order valence-electron chi connectivity index (χ0n) is 10.9. The lowest BCUT2D eigenvalue weighted by Gasteiger charge is -2.16. The van der Waals surface area contributed by atoms with Gasteiger partial charge in [-0.25, -0.2) is 4.79 Å². The molecule has 0 spiro atoms. The van der Waals surface area contributed by atoms with E-state index in [-0.39, 0.29) is 30.4 Å². The van der Waals surface area contributed by atoms with E-state index in [2.05, 4.69) is 10.1 Å². The smallest absolute Gasteiger partial charge is 0.328 e. The molecule has 1 amide bonds. The first-order valence-electron chi connectivity index (χ1n) is 5.73. The molecule has 0 aliphatic carbocycles. The highest BCUT2D eigenvalue weighted by Crippen LogP contribution is 2.04. The van der Waals surface area contributed by atoms with Gasteiger partial charge in [0.1, 0.15) is 11.8 Å². The molecule has 0 aromatic carbocycles. The summed E-state index contributed by atoms with van der Waals surface area (Å²) in [5.74, 6) is -0.500. The number of Topliss-reactive ketones (excluding diaryl/α,β-unsaturated/α-hetero) is 1. The van der Waals surface area contributed by atoms with Crippen molar-refractivity contribution in [3.05, 3.63) is 0 Å². The summed E-state index contributed by atoms with van der Waals surface area (Å²) in [6.45, 7) is 5.29. The van der Waals surface area contributed by atoms with E-state index in [1.807, 2.05) is 13.8 Å². The molecule has 0 heterocycles. The normalized spacial score (nSPS) is 12.1. The predicted molar refractivity (Wildman–Crippen MR) is 63.3 cm³/mol. The molecule has 0 unspecified atom stereocenters. The first-order chi connectivity index (χ1) is 7.86. The summed E-state index contributed by atoms with van der Waals surface area (Å²) in [6.07, 6.45) is 0.890. The summed E-state index contributed by atoms with van der Waals surface area (Å²) in [6, 6.07) is -0.727. The highest BCUT2D eigenvalue weighted by Gasteiger charge is 2.21. The Bertz CT molecular complexity index is 286. The van der Waals surface area contributed by atoms with E-state index in [1.165, 1.54) is 14.0 Å². The summed E-state index contributed by atoms with van der Waals surface area (Å²) >= 11 is 0. The zero-order chi connectivity index (χ0) is 13.4. The molecule has 5 heteroatoms. The number of ether oxygens (including phenoxy) is 1. The van der Waals surface area contributed by atoms with Crippen molar-refractivity contribution in [2.45, 2.75) is 46.1 Å². The van der Waals surface area contributed by atoms with E-state index in [1.54, 1.807) is 0 Å². The van der Waals surface area contributed by atoms with Crippen molar-refractivity contribution in [1.29, 1.82) is 0 Å². The maximum Gasteiger partial charge on any atom is 0.328 e. The topological polar surface area (TPSA) is 72.5 Å². The Morgan fingerprint density at radius 2 is 1.82 bits per heavy atom. The van der Waals surface area contributed by atoms with Gasteiger partial charge < -0.3 is 14.8 Å². The molecule has 1 N–H and O–H groups in total. The molecule has 0 saturated heterocycles. The molecule has 0 rings (SSSR count). The number of hydrogen-bond acceptors (Lipinski definition) is 4. The van der Waals surface area contributed by atoms with E-state index in [4.69, 9.17) is 0 Å². The monoisotopic (exact) mass is 243 g/mol. The lowest BCUT2D eigenvalue weighted by Crippen LogP contribution is -2.42. The lowest BCUT2D eigenvalue weighted by molar-refractivity contribution is -0.145. The number of amides is 1. The van der Waals surface area contributed by atoms with Gasteiger partial charge in [-0.3, -0.25) is 4.79 Å². The van der Waals surface area contributed by atoms with Crippen LogP contribution in [0.15, 0.2) is 0 Å². The van der Waals surface area contributed by atoms with Gasteiger partial charge in [-0.15, -0.1) is 0 Å². The second-order valence-electron chi connectivity index (χ2n) is 4.48. The number of nitrogens with one attached hydrogen (secondary N) is 1. The number of carbonyl (C=O) groups is 3. The SMILES string of the molecule is COC(=O)[C@@H](CCC(C)=O)NC(=O)CC(C)C. The highest BCUT2D eigenvalue weighted by atomic mass is 16.5. The number of ketones is 1. The van der Waals surface area contributed by atoms with Crippen LogP contribution in [0.25, 0.3) is 0 Å². The standard InChI is InChI=1S/C12H21NO4/c1-8(2)7-11(15)13-10(12(16)17-4)6-5-9(3)14/h8,10H,5-7H2,1-4H3,(H,13,15)/t10-/m1/s1. The third kappa shape index (κ3) is 7.49. The second-order valence-corrected chi connectivity index (χ2v) is 4.48. The van der Waals surface area contributed by atoms with Gasteiger partial charge in [-0.05, 0) is 19.3 Å². The van der Waals surface area contributed by atoms with Crippen LogP contribution in [0.1, 0.15) is 40.0 Å². The molecule has 0 aliphatic rings. The maximum atomic E-state index is 11.5. The Morgan fingerprint density at radius 3 is 2.24 bits per heavy atom. The van der Waals surface area contributed by atoms with Crippen molar-refractivity contribution in [2.24, 2.45) is 5.92 Å². The molecule has 98 valence electrons. The fourth-order valence-corrected chi connectivity index (χ4v) is 1.36. The van der Waals surface area contributed by atoms with Crippen LogP contribution in [0.3, 0.4) is 0 Å². The van der Waals surface area contributed by atoms with Gasteiger partial charge in [0.05, 0.1) is 7.11 Å². The fraction of sp³-hybridized carbons (Fsp3) is 0.750. The summed E-state index contributed by atoms with van der Waals surface area (Å²) in [5, 5.41) is 2.59. The third-order valence-electron chi connectivity index (χ3n) is 2.20. The Morgan fingerprint density at radius 1 is 1.24 bits per heavy atom. The first-order valence-corrected chi connectivity index (χ1v) is 5.73. The fourth-order valence-electron chi connectivity index (χ4n) is 1.36. The van der Waals surface area contributed by atoms with Gasteiger partial charge in [0.15, 0.2) is 0 Å². The molecule has 17 heavy (non-hydrogen) atoms. The molecule has 0 aromatic rings. The van der Waals surface area contributed by atoms with E-state index in [0.29, 0.717) is 6.42 Å². The number of hydrogen-bond donors (Lipinski definition) is 1. The molecule has 0 aromatic heterocycles. The van der Waals surface area contributed by atoms with Gasteiger partial charge in [0, 0.05) is 12.8 Å². The molecule has 1 atom stereocenters. The van der Waals surface area contributed by atoms with Crippen LogP contribution in [0, 0.1) is 5.92 Å². The van der Waals surface area contributed by atoms with Crippen molar-refractivity contribution in [3.8, 4) is 0 Å². The van der Waals surface area contributed by atoms with Crippen molar-refractivity contribution in [2.75, 3.05) is 7.11 Å². The van der Waals surface area contributed by atoms with Crippen molar-refractivity contribution in [1.82, 2.24) is 5.32 Å². The lowest BCUT2D eigenvalue weighted by atomic mass is 10.1. The van der Waals surface area contributed by atoms with Crippen LogP contribution < -0.4 is 5.32 Å². The number of esters is 1. The Hall–Kier alpha value is -1.39. The molecule has 0 saturated carbocycles. The number of methoxy groups -OCH3 is 1. The van der Waals surface area contributed by atoms with Crippen LogP contribution in [0.5, 0.6) is 0 Å². The minimum absolute atomic E-state index is 0.0167. The van der Waals surface area contributed by atoms with E-state index >= 15 is 0 Å². The van der Waals surface area contributed by atoms with Crippen molar-refractivity contribution < 1.29 is 19.1 Å². The van der Waals surface area contributed by atoms with E-state index < -0.39 is 12.0 Å². The Balaban J connectivity index is 4.33. The summed E-state index contributed by atoms with van der Waals surface area (Å²) in [7, 11) is 1.26. The van der Waals surface area contributed by atoms with Crippen LogP contribution in [0.2, 0.25) is 0 Å². The first kappa shape index (κ1) is 15.6. The van der Waals surface area contributed by atoms with E-state index in [9.17, 15) is 14.4 Å². The summed E-state index contributed by atoms with van der Waals surface area (Å²) < 4.78 is 4.59. The van der Waals surface area contributed by atoms with Crippen LogP contribution >= 0.6 is 0 Å². The predicted octanol–water partition coefficient (Wildman–Crippen LogP) is 1.06. The molecular formula is C12H21NO4. The van der Waals surface area contributed by atoms with Crippen molar-refractivity contribution >= 4 is 17.7 Å². The Labute approximate surface area is 102 Å². The quantitative estimate of drug-likeness (QED) is 0.679. The molecular weight excluding hydrogens is 222 g/mol. The van der Waals surface area contributed by atoms with Crippen LogP contribution in [-0.4, -0.2) is 30.8 Å². The molecule has 0 bridgehead atoms. The Kier molecular flexibility index (Phi) is 7.18. The molecule has 0 radical (unpaired) electrons. The van der Waals surface area contributed by atoms with Crippen LogP contribution in [0.4, 0.5) is 0 Å². The number of carbonyl (C=O) groups excluding carboxylic acids is 3. The average molecular weight is 243 g/mol. The minimum Gasteiger partial charge on any atom is -0.467 e. The third-order valence-corrected chi connectivity index (χ3v) is 2.20. The summed E-state index contributed by atoms with van der Waals surface area (Å²) in [4.78, 5) is 33.8. The summed E-state index contributed by atoms with van der Waals surface area (Å²) in [5.41, 5.74) is 0. The largest absolute Gasteiger partial charge is 0.467 e. The van der Waals surface area contributed by atoms with E-state index in [0.717, 1.165) is 0 Å². The highest BCUT2D eigenvalue weighted by molar-refractivity contribution is 5.85. The van der Waals surface area contributed by atoms with Gasteiger partial charge in [-0.1, -0.05) is 13.8 Å². The average Bonchev–Trinajstić information content (AvgIpc) is 2.21. The minimum atomic E-state index is -0.727. The maximum absolute atomic E-state index is 11.5. The molecule has 0 fully saturated rings. The van der Waals surface area contributed by atoms with Gasteiger partial charge in [0.25, 0.3) is 0 Å². The zero-order valence-corrected chi connectivity index (χ0v) is 10.9. The van der Waals surface area contributed by atoms with Crippen molar-refractivity contribution in [3.63, 3.8) is 0 Å². The second kappa shape index (κ2) is 7.81. The van der Waals surface area contributed by atoms with Gasteiger partial charge in [0.2, 0.25) is 5.91 Å². The van der Waals surface area contributed by atoms with Crippen LogP contribution in [-0.2, 0) is 19.1 Å². The molecule has 5 nitrogen and oxygen atoms in total. The molecule has 0 aliphatic heterocycles.